The number of H-pyrrole nitrogens is 1. The van der Waals surface area contributed by atoms with Gasteiger partial charge in [0, 0.05) is 27.3 Å². The molecular weight excluding hydrogens is 629 g/mol. The van der Waals surface area contributed by atoms with Crippen LogP contribution in [0.1, 0.15) is 25.1 Å². The number of benzene rings is 7. The van der Waals surface area contributed by atoms with Crippen LogP contribution in [0.4, 0.5) is 0 Å². The first-order valence-corrected chi connectivity index (χ1v) is 18.0. The maximum atomic E-state index is 5.46. The molecule has 0 fully saturated rings. The summed E-state index contributed by atoms with van der Waals surface area (Å²) in [7, 11) is 0. The average Bonchev–Trinajstić information content (AvgIpc) is 3.59. The fourth-order valence-electron chi connectivity index (χ4n) is 7.55. The van der Waals surface area contributed by atoms with Gasteiger partial charge < -0.3 is 4.98 Å². The summed E-state index contributed by atoms with van der Waals surface area (Å²) < 4.78 is 0. The van der Waals surface area contributed by atoms with Crippen molar-refractivity contribution >= 4 is 21.8 Å². The maximum Gasteiger partial charge on any atom is 0.0706 e. The highest BCUT2D eigenvalue weighted by Crippen LogP contribution is 2.42. The van der Waals surface area contributed by atoms with Crippen molar-refractivity contribution in [3.05, 3.63) is 199 Å². The van der Waals surface area contributed by atoms with Crippen molar-refractivity contribution in [2.45, 2.75) is 19.3 Å². The molecule has 9 aromatic rings. The Labute approximate surface area is 305 Å². The zero-order valence-corrected chi connectivity index (χ0v) is 29.3. The second-order valence-corrected chi connectivity index (χ2v) is 14.1. The Morgan fingerprint density at radius 1 is 0.385 bits per heavy atom. The standard InChI is InChI=1S/C50H38N2/c1-50(2,48-25-15-24-46(51-48)42-29-39(35-18-9-4-10-19-35)28-40(30-42)36-20-11-5-12-21-36)45-33-41(37-22-13-6-14-23-37)32-44-43-31-38(34-16-7-3-8-17-34)26-27-47(43)52-49(44)45/h3-33,52H,1-2H3. The van der Waals surface area contributed by atoms with Gasteiger partial charge in [0.1, 0.15) is 0 Å². The van der Waals surface area contributed by atoms with Gasteiger partial charge in [-0.05, 0) is 105 Å². The molecular formula is C50H38N2. The van der Waals surface area contributed by atoms with Crippen molar-refractivity contribution in [2.24, 2.45) is 0 Å². The lowest BCUT2D eigenvalue weighted by atomic mass is 9.78. The Balaban J connectivity index is 1.21. The van der Waals surface area contributed by atoms with E-state index in [-0.39, 0.29) is 0 Å². The number of aromatic amines is 1. The summed E-state index contributed by atoms with van der Waals surface area (Å²) in [4.78, 5) is 9.31. The fourth-order valence-corrected chi connectivity index (χ4v) is 7.55. The number of nitrogens with one attached hydrogen (secondary N) is 1. The van der Waals surface area contributed by atoms with Gasteiger partial charge in [0.05, 0.1) is 16.9 Å². The normalized spacial score (nSPS) is 11.7. The Morgan fingerprint density at radius 3 is 1.42 bits per heavy atom. The minimum atomic E-state index is -0.429. The number of hydrogen-bond acceptors (Lipinski definition) is 1. The van der Waals surface area contributed by atoms with Crippen LogP contribution < -0.4 is 0 Å². The molecule has 248 valence electrons. The Bertz CT molecular complexity index is 2610. The van der Waals surface area contributed by atoms with Crippen LogP contribution in [0.5, 0.6) is 0 Å². The lowest BCUT2D eigenvalue weighted by Gasteiger charge is -2.27. The van der Waals surface area contributed by atoms with Gasteiger partial charge in [-0.1, -0.05) is 147 Å². The van der Waals surface area contributed by atoms with Crippen LogP contribution in [0.15, 0.2) is 188 Å². The Hall–Kier alpha value is -6.51. The third-order valence-corrected chi connectivity index (χ3v) is 10.4. The first kappa shape index (κ1) is 31.5. The van der Waals surface area contributed by atoms with Crippen LogP contribution in [-0.4, -0.2) is 9.97 Å². The summed E-state index contributed by atoms with van der Waals surface area (Å²) in [6.07, 6.45) is 0. The summed E-state index contributed by atoms with van der Waals surface area (Å²) in [6, 6.07) is 67.4. The molecule has 7 aromatic carbocycles. The lowest BCUT2D eigenvalue weighted by Crippen LogP contribution is -2.21. The van der Waals surface area contributed by atoms with Crippen LogP contribution >= 0.6 is 0 Å². The largest absolute Gasteiger partial charge is 0.354 e. The van der Waals surface area contributed by atoms with E-state index < -0.39 is 5.41 Å². The van der Waals surface area contributed by atoms with Crippen molar-refractivity contribution in [3.8, 4) is 55.8 Å². The van der Waals surface area contributed by atoms with Gasteiger partial charge in [0.15, 0.2) is 0 Å². The van der Waals surface area contributed by atoms with Crippen LogP contribution in [0.3, 0.4) is 0 Å². The molecule has 2 aromatic heterocycles. The summed E-state index contributed by atoms with van der Waals surface area (Å²) in [5, 5.41) is 2.44. The molecule has 0 amide bonds. The highest BCUT2D eigenvalue weighted by Gasteiger charge is 2.29. The predicted molar refractivity (Wildman–Crippen MR) is 219 cm³/mol. The molecule has 0 saturated carbocycles. The van der Waals surface area contributed by atoms with Crippen LogP contribution in [0.25, 0.3) is 77.6 Å². The average molecular weight is 667 g/mol. The van der Waals surface area contributed by atoms with E-state index in [9.17, 15) is 0 Å². The predicted octanol–water partition coefficient (Wildman–Crippen LogP) is 13.4. The molecule has 0 saturated heterocycles. The first-order valence-electron chi connectivity index (χ1n) is 18.0. The number of rotatable bonds is 7. The lowest BCUT2D eigenvalue weighted by molar-refractivity contribution is 0.622. The van der Waals surface area contributed by atoms with E-state index in [1.54, 1.807) is 0 Å². The molecule has 0 aliphatic heterocycles. The Morgan fingerprint density at radius 2 is 0.865 bits per heavy atom. The summed E-state index contributed by atoms with van der Waals surface area (Å²) in [5.74, 6) is 0. The van der Waals surface area contributed by atoms with Gasteiger partial charge in [0.2, 0.25) is 0 Å². The van der Waals surface area contributed by atoms with Gasteiger partial charge in [-0.25, -0.2) is 0 Å². The molecule has 0 aliphatic rings. The topological polar surface area (TPSA) is 28.7 Å². The van der Waals surface area contributed by atoms with Gasteiger partial charge in [-0.3, -0.25) is 4.98 Å². The third-order valence-electron chi connectivity index (χ3n) is 10.4. The Kier molecular flexibility index (Phi) is 7.86. The molecule has 9 rings (SSSR count). The molecule has 52 heavy (non-hydrogen) atoms. The third kappa shape index (κ3) is 5.79. The highest BCUT2D eigenvalue weighted by atomic mass is 14.8. The van der Waals surface area contributed by atoms with Crippen molar-refractivity contribution in [1.29, 1.82) is 0 Å². The van der Waals surface area contributed by atoms with Gasteiger partial charge >= 0.3 is 0 Å². The van der Waals surface area contributed by atoms with E-state index in [4.69, 9.17) is 4.98 Å². The molecule has 2 heteroatoms. The monoisotopic (exact) mass is 666 g/mol. The summed E-state index contributed by atoms with van der Waals surface area (Å²) >= 11 is 0. The van der Waals surface area contributed by atoms with E-state index >= 15 is 0 Å². The first-order chi connectivity index (χ1) is 25.5. The molecule has 0 bridgehead atoms. The van der Waals surface area contributed by atoms with E-state index in [1.807, 2.05) is 0 Å². The molecule has 1 N–H and O–H groups in total. The summed E-state index contributed by atoms with van der Waals surface area (Å²) in [6.45, 7) is 4.61. The quantitative estimate of drug-likeness (QED) is 0.180. The molecule has 0 spiro atoms. The number of hydrogen-bond donors (Lipinski definition) is 1. The summed E-state index contributed by atoms with van der Waals surface area (Å²) in [5.41, 5.74) is 15.7. The minimum Gasteiger partial charge on any atom is -0.354 e. The fraction of sp³-hybridized carbons (Fsp3) is 0.0600. The van der Waals surface area contributed by atoms with Crippen molar-refractivity contribution < 1.29 is 0 Å². The molecule has 0 aliphatic carbocycles. The van der Waals surface area contributed by atoms with Crippen LogP contribution in [0, 0.1) is 0 Å². The van der Waals surface area contributed by atoms with Crippen molar-refractivity contribution in [1.82, 2.24) is 9.97 Å². The highest BCUT2D eigenvalue weighted by molar-refractivity contribution is 6.11. The number of pyridine rings is 1. The molecule has 0 unspecified atom stereocenters. The zero-order valence-electron chi connectivity index (χ0n) is 29.3. The second kappa shape index (κ2) is 13.0. The van der Waals surface area contributed by atoms with Gasteiger partial charge in [0.25, 0.3) is 0 Å². The molecule has 0 atom stereocenters. The van der Waals surface area contributed by atoms with Crippen molar-refractivity contribution in [3.63, 3.8) is 0 Å². The smallest absolute Gasteiger partial charge is 0.0706 e. The number of fused-ring (bicyclic) bond motifs is 3. The van der Waals surface area contributed by atoms with E-state index in [0.29, 0.717) is 0 Å². The van der Waals surface area contributed by atoms with Crippen LogP contribution in [-0.2, 0) is 5.41 Å². The van der Waals surface area contributed by atoms with Gasteiger partial charge in [-0.2, -0.15) is 0 Å². The second-order valence-electron chi connectivity index (χ2n) is 14.1. The molecule has 0 radical (unpaired) electrons. The molecule has 2 heterocycles. The minimum absolute atomic E-state index is 0.429. The SMILES string of the molecule is CC(C)(c1cccc(-c2cc(-c3ccccc3)cc(-c3ccccc3)c2)n1)c1cc(-c2ccccc2)cc2c1[nH]c1ccc(-c3ccccc3)cc12. The van der Waals surface area contributed by atoms with Gasteiger partial charge in [-0.15, -0.1) is 0 Å². The number of nitrogens with zero attached hydrogens (tertiary/aromatic N) is 1. The van der Waals surface area contributed by atoms with E-state index in [0.717, 1.165) is 28.0 Å². The van der Waals surface area contributed by atoms with E-state index in [1.165, 1.54) is 60.8 Å². The van der Waals surface area contributed by atoms with E-state index in [2.05, 4.69) is 207 Å². The maximum absolute atomic E-state index is 5.46. The van der Waals surface area contributed by atoms with Crippen molar-refractivity contribution in [2.75, 3.05) is 0 Å². The number of aromatic nitrogens is 2. The zero-order chi connectivity index (χ0) is 35.1. The molecule has 2 nitrogen and oxygen atoms in total. The van der Waals surface area contributed by atoms with Crippen LogP contribution in [0.2, 0.25) is 0 Å².